The highest BCUT2D eigenvalue weighted by Crippen LogP contribution is 2.68. The first-order valence-electron chi connectivity index (χ1n) is 14.5. The standard InChI is InChI=1S/C29H49NO5S/c1-19(2)30(16-17-36(33,34)35)27(32)11-6-20(3)24-9-10-25-23-8-7-21-18-22(31)12-14-28(21,4)26(23)13-15-29(24,25)5/h19-21,23-26H,6-18H2,1-5H3,(H,33,34,35)/p-1/t20-,21-,23+,24-,25+,26+,28+,29-/m1/s1. The number of Topliss-reactive ketones (excluding diaryl/α,β-unsaturated/α-hetero) is 1. The second kappa shape index (κ2) is 10.3. The summed E-state index contributed by atoms with van der Waals surface area (Å²) >= 11 is 0. The second-order valence-corrected chi connectivity index (χ2v) is 15.1. The molecule has 6 nitrogen and oxygen atoms in total. The highest BCUT2D eigenvalue weighted by atomic mass is 32.2. The summed E-state index contributed by atoms with van der Waals surface area (Å²) in [5.41, 5.74) is 0.665. The third kappa shape index (κ3) is 5.30. The molecule has 0 radical (unpaired) electrons. The summed E-state index contributed by atoms with van der Waals surface area (Å²) in [5.74, 6) is 3.86. The molecule has 0 saturated heterocycles. The van der Waals surface area contributed by atoms with E-state index < -0.39 is 15.9 Å². The fourth-order valence-electron chi connectivity index (χ4n) is 9.60. The third-order valence-electron chi connectivity index (χ3n) is 11.6. The van der Waals surface area contributed by atoms with Gasteiger partial charge in [0.1, 0.15) is 5.78 Å². The molecule has 8 atom stereocenters. The molecule has 0 spiro atoms. The van der Waals surface area contributed by atoms with Crippen LogP contribution >= 0.6 is 0 Å². The van der Waals surface area contributed by atoms with Gasteiger partial charge in [-0.3, -0.25) is 9.59 Å². The van der Waals surface area contributed by atoms with Gasteiger partial charge in [-0.15, -0.1) is 0 Å². The van der Waals surface area contributed by atoms with E-state index >= 15 is 0 Å². The average molecular weight is 523 g/mol. The Morgan fingerprint density at radius 1 is 1.03 bits per heavy atom. The lowest BCUT2D eigenvalue weighted by molar-refractivity contribution is -0.140. The van der Waals surface area contributed by atoms with Crippen molar-refractivity contribution in [1.82, 2.24) is 4.90 Å². The van der Waals surface area contributed by atoms with Crippen LogP contribution in [0.2, 0.25) is 0 Å². The number of rotatable bonds is 8. The number of amides is 1. The number of fused-ring (bicyclic) bond motifs is 5. The van der Waals surface area contributed by atoms with Gasteiger partial charge in [0.15, 0.2) is 0 Å². The molecular weight excluding hydrogens is 474 g/mol. The van der Waals surface area contributed by atoms with Gasteiger partial charge >= 0.3 is 0 Å². The van der Waals surface area contributed by atoms with Crippen LogP contribution in [0, 0.1) is 46.3 Å². The van der Waals surface area contributed by atoms with Gasteiger partial charge in [0, 0.05) is 31.8 Å². The van der Waals surface area contributed by atoms with Crippen molar-refractivity contribution >= 4 is 21.8 Å². The third-order valence-corrected chi connectivity index (χ3v) is 12.3. The van der Waals surface area contributed by atoms with Crippen molar-refractivity contribution in [3.05, 3.63) is 0 Å². The fourth-order valence-corrected chi connectivity index (χ4v) is 10.0. The van der Waals surface area contributed by atoms with Crippen LogP contribution in [0.25, 0.3) is 0 Å². The van der Waals surface area contributed by atoms with E-state index in [4.69, 9.17) is 0 Å². The van der Waals surface area contributed by atoms with Gasteiger partial charge in [-0.2, -0.15) is 0 Å². The van der Waals surface area contributed by atoms with Crippen molar-refractivity contribution in [1.29, 1.82) is 0 Å². The summed E-state index contributed by atoms with van der Waals surface area (Å²) < 4.78 is 33.3. The predicted octanol–water partition coefficient (Wildman–Crippen LogP) is 5.41. The molecule has 0 aromatic heterocycles. The van der Waals surface area contributed by atoms with Gasteiger partial charge in [-0.25, -0.2) is 8.42 Å². The Morgan fingerprint density at radius 3 is 2.39 bits per heavy atom. The van der Waals surface area contributed by atoms with Crippen LogP contribution in [0.15, 0.2) is 0 Å². The van der Waals surface area contributed by atoms with Gasteiger partial charge < -0.3 is 9.45 Å². The van der Waals surface area contributed by atoms with Crippen molar-refractivity contribution in [3.8, 4) is 0 Å². The van der Waals surface area contributed by atoms with Gasteiger partial charge in [0.25, 0.3) is 0 Å². The van der Waals surface area contributed by atoms with Gasteiger partial charge in [-0.1, -0.05) is 20.8 Å². The lowest BCUT2D eigenvalue weighted by Gasteiger charge is -2.60. The van der Waals surface area contributed by atoms with E-state index in [-0.39, 0.29) is 18.5 Å². The monoisotopic (exact) mass is 522 g/mol. The Hall–Kier alpha value is -0.950. The summed E-state index contributed by atoms with van der Waals surface area (Å²) in [6.45, 7) is 11.1. The molecule has 0 N–H and O–H groups in total. The quantitative estimate of drug-likeness (QED) is 0.397. The predicted molar refractivity (Wildman–Crippen MR) is 140 cm³/mol. The normalized spacial score (nSPS) is 39.3. The van der Waals surface area contributed by atoms with Crippen molar-refractivity contribution in [2.45, 2.75) is 111 Å². The van der Waals surface area contributed by atoms with E-state index in [1.165, 1.54) is 38.5 Å². The van der Waals surface area contributed by atoms with Crippen LogP contribution in [0.5, 0.6) is 0 Å². The molecule has 7 heteroatoms. The number of carbonyl (C=O) groups is 2. The summed E-state index contributed by atoms with van der Waals surface area (Å²) in [5, 5.41) is 0. The van der Waals surface area contributed by atoms with Crippen molar-refractivity contribution in [2.75, 3.05) is 12.3 Å². The van der Waals surface area contributed by atoms with E-state index in [9.17, 15) is 22.6 Å². The first-order chi connectivity index (χ1) is 16.8. The smallest absolute Gasteiger partial charge is 0.222 e. The fraction of sp³-hybridized carbons (Fsp3) is 0.931. The first kappa shape index (κ1) is 28.1. The molecule has 1 amide bonds. The molecule has 0 heterocycles. The molecule has 4 saturated carbocycles. The van der Waals surface area contributed by atoms with Gasteiger partial charge in [-0.05, 0) is 112 Å². The summed E-state index contributed by atoms with van der Waals surface area (Å²) in [6, 6.07) is -0.121. The van der Waals surface area contributed by atoms with Crippen molar-refractivity contribution < 1.29 is 22.6 Å². The lowest BCUT2D eigenvalue weighted by Crippen LogP contribution is -2.53. The minimum atomic E-state index is -4.34. The van der Waals surface area contributed by atoms with Crippen LogP contribution in [-0.2, 0) is 19.7 Å². The Morgan fingerprint density at radius 2 is 1.72 bits per heavy atom. The van der Waals surface area contributed by atoms with Gasteiger partial charge in [0.05, 0.1) is 15.9 Å². The summed E-state index contributed by atoms with van der Waals surface area (Å²) in [6.07, 6.45) is 11.5. The maximum absolute atomic E-state index is 13.0. The zero-order valence-electron chi connectivity index (χ0n) is 23.1. The Bertz CT molecular complexity index is 947. The molecule has 36 heavy (non-hydrogen) atoms. The molecule has 206 valence electrons. The largest absolute Gasteiger partial charge is 0.748 e. The van der Waals surface area contributed by atoms with Crippen LogP contribution in [-0.4, -0.2) is 47.9 Å². The molecule has 4 aliphatic carbocycles. The maximum atomic E-state index is 13.0. The number of nitrogens with zero attached hydrogens (tertiary/aromatic N) is 1. The lowest BCUT2D eigenvalue weighted by atomic mass is 9.44. The number of hydrogen-bond acceptors (Lipinski definition) is 5. The van der Waals surface area contributed by atoms with Crippen molar-refractivity contribution in [3.63, 3.8) is 0 Å². The number of carbonyl (C=O) groups excluding carboxylic acids is 2. The molecule has 4 fully saturated rings. The second-order valence-electron chi connectivity index (χ2n) is 13.6. The van der Waals surface area contributed by atoms with Crippen LogP contribution in [0.3, 0.4) is 0 Å². The maximum Gasteiger partial charge on any atom is 0.222 e. The minimum absolute atomic E-state index is 0.0195. The topological polar surface area (TPSA) is 94.6 Å². The SMILES string of the molecule is CC(C)N(CCS(=O)(=O)[O-])C(=O)CC[C@@H](C)[C@H]1CC[C@H]2[C@@H]3CC[C@@H]4CC(=O)CC[C@]4(C)[C@H]3CC[C@]12C. The van der Waals surface area contributed by atoms with Crippen LogP contribution in [0.1, 0.15) is 105 Å². The van der Waals surface area contributed by atoms with E-state index in [0.29, 0.717) is 40.8 Å². The summed E-state index contributed by atoms with van der Waals surface area (Å²) in [7, 11) is -4.34. The van der Waals surface area contributed by atoms with Gasteiger partial charge in [0.2, 0.25) is 5.91 Å². The molecule has 4 rings (SSSR count). The average Bonchev–Trinajstić information content (AvgIpc) is 3.14. The Balaban J connectivity index is 1.39. The zero-order valence-corrected chi connectivity index (χ0v) is 23.9. The van der Waals surface area contributed by atoms with Crippen LogP contribution < -0.4 is 0 Å². The number of ketones is 1. The molecule has 0 unspecified atom stereocenters. The Labute approximate surface area is 219 Å². The Kier molecular flexibility index (Phi) is 8.04. The van der Waals surface area contributed by atoms with E-state index in [1.807, 2.05) is 13.8 Å². The molecule has 4 aliphatic rings. The minimum Gasteiger partial charge on any atom is -0.748 e. The highest BCUT2D eigenvalue weighted by Gasteiger charge is 2.60. The molecule has 0 bridgehead atoms. The van der Waals surface area contributed by atoms with Crippen molar-refractivity contribution in [2.24, 2.45) is 46.3 Å². The van der Waals surface area contributed by atoms with E-state index in [1.54, 1.807) is 4.90 Å². The molecular formula is C29H48NO5S-. The highest BCUT2D eigenvalue weighted by molar-refractivity contribution is 7.85. The first-order valence-corrected chi connectivity index (χ1v) is 16.1. The van der Waals surface area contributed by atoms with Crippen LogP contribution in [0.4, 0.5) is 0 Å². The number of hydrogen-bond donors (Lipinski definition) is 0. The van der Waals surface area contributed by atoms with E-state index in [2.05, 4.69) is 20.8 Å². The molecule has 0 aliphatic heterocycles. The zero-order chi connectivity index (χ0) is 26.5. The van der Waals surface area contributed by atoms with E-state index in [0.717, 1.165) is 43.4 Å². The molecule has 0 aromatic carbocycles. The summed E-state index contributed by atoms with van der Waals surface area (Å²) in [4.78, 5) is 26.7. The molecule has 0 aromatic rings.